The smallest absolute Gasteiger partial charge is 0.308 e. The van der Waals surface area contributed by atoms with Crippen molar-refractivity contribution in [3.8, 4) is 0 Å². The topological polar surface area (TPSA) is 71.1 Å². The molecule has 120 valence electrons. The van der Waals surface area contributed by atoms with Crippen molar-refractivity contribution in [2.24, 2.45) is 0 Å². The number of rotatable bonds is 9. The molecule has 0 aliphatic carbocycles. The molecule has 20 heavy (non-hydrogen) atoms. The Morgan fingerprint density at radius 1 is 1.05 bits per heavy atom. The Balaban J connectivity index is 0. The van der Waals surface area contributed by atoms with Gasteiger partial charge in [-0.05, 0) is 20.8 Å². The van der Waals surface area contributed by atoms with Crippen molar-refractivity contribution in [1.82, 2.24) is 0 Å². The van der Waals surface area contributed by atoms with Crippen molar-refractivity contribution >= 4 is 11.9 Å². The van der Waals surface area contributed by atoms with Crippen molar-refractivity contribution in [2.45, 2.75) is 46.6 Å². The Morgan fingerprint density at radius 2 is 1.70 bits per heavy atom. The minimum atomic E-state index is -0.184. The Bertz CT molecular complexity index is 240. The van der Waals surface area contributed by atoms with Crippen LogP contribution in [0.5, 0.6) is 0 Å². The van der Waals surface area contributed by atoms with Crippen molar-refractivity contribution in [1.29, 1.82) is 0 Å². The van der Waals surface area contributed by atoms with Crippen LogP contribution in [0.15, 0.2) is 0 Å². The van der Waals surface area contributed by atoms with Crippen LogP contribution in [0.2, 0.25) is 0 Å². The standard InChI is InChI=1S/2C7H14O3/c1-4-7(8)10-6(2)5-9-3;1-3-9-6-5-7(8)10-4-2/h6H,4-5H2,1-3H3;3-6H2,1-2H3. The van der Waals surface area contributed by atoms with Gasteiger partial charge < -0.3 is 18.9 Å². The fourth-order valence-electron chi connectivity index (χ4n) is 1.11. The first kappa shape index (κ1) is 21.2. The molecular weight excluding hydrogens is 264 g/mol. The number of carbonyl (C=O) groups excluding carboxylic acids is 2. The normalized spacial score (nSPS) is 11.1. The second kappa shape index (κ2) is 15.9. The Morgan fingerprint density at radius 3 is 2.15 bits per heavy atom. The Kier molecular flexibility index (Phi) is 16.8. The van der Waals surface area contributed by atoms with Crippen molar-refractivity contribution < 1.29 is 28.5 Å². The molecule has 0 radical (unpaired) electrons. The molecule has 0 fully saturated rings. The number of carbonyl (C=O) groups is 2. The van der Waals surface area contributed by atoms with Crippen LogP contribution in [0.3, 0.4) is 0 Å². The number of esters is 2. The third kappa shape index (κ3) is 16.9. The van der Waals surface area contributed by atoms with Crippen LogP contribution in [0, 0.1) is 0 Å². The van der Waals surface area contributed by atoms with Crippen molar-refractivity contribution in [3.63, 3.8) is 0 Å². The van der Waals surface area contributed by atoms with Gasteiger partial charge in [-0.25, -0.2) is 0 Å². The molecule has 0 aromatic heterocycles. The SMILES string of the molecule is CCC(=O)OC(C)COC.CCOCCC(=O)OCC. The van der Waals surface area contributed by atoms with E-state index in [0.29, 0.717) is 39.3 Å². The molecule has 0 saturated carbocycles. The van der Waals surface area contributed by atoms with E-state index in [4.69, 9.17) is 14.2 Å². The van der Waals surface area contributed by atoms with Gasteiger partial charge in [-0.1, -0.05) is 6.92 Å². The van der Waals surface area contributed by atoms with Gasteiger partial charge in [-0.15, -0.1) is 0 Å². The molecule has 0 aromatic carbocycles. The molecule has 0 aliphatic rings. The lowest BCUT2D eigenvalue weighted by atomic mass is 10.4. The van der Waals surface area contributed by atoms with Crippen LogP contribution in [0.4, 0.5) is 0 Å². The van der Waals surface area contributed by atoms with Crippen LogP contribution in [-0.4, -0.2) is 51.6 Å². The van der Waals surface area contributed by atoms with E-state index in [1.165, 1.54) is 0 Å². The molecule has 6 nitrogen and oxygen atoms in total. The van der Waals surface area contributed by atoms with Gasteiger partial charge in [-0.3, -0.25) is 9.59 Å². The molecule has 1 atom stereocenters. The number of methoxy groups -OCH3 is 1. The molecule has 0 aromatic rings. The first-order chi connectivity index (χ1) is 9.51. The Hall–Kier alpha value is -1.14. The summed E-state index contributed by atoms with van der Waals surface area (Å²) in [5.41, 5.74) is 0. The fraction of sp³-hybridized carbons (Fsp3) is 0.857. The highest BCUT2D eigenvalue weighted by Crippen LogP contribution is 1.93. The molecule has 0 saturated heterocycles. The molecular formula is C14H28O6. The summed E-state index contributed by atoms with van der Waals surface area (Å²) in [6, 6.07) is 0. The van der Waals surface area contributed by atoms with E-state index in [9.17, 15) is 9.59 Å². The second-order valence-corrected chi connectivity index (χ2v) is 3.86. The average molecular weight is 292 g/mol. The second-order valence-electron chi connectivity index (χ2n) is 3.86. The summed E-state index contributed by atoms with van der Waals surface area (Å²) < 4.78 is 19.3. The summed E-state index contributed by atoms with van der Waals surface area (Å²) in [4.78, 5) is 21.2. The molecule has 0 aliphatic heterocycles. The minimum Gasteiger partial charge on any atom is -0.466 e. The molecule has 0 spiro atoms. The van der Waals surface area contributed by atoms with Crippen LogP contribution < -0.4 is 0 Å². The predicted molar refractivity (Wildman–Crippen MR) is 75.5 cm³/mol. The summed E-state index contributed by atoms with van der Waals surface area (Å²) in [6.07, 6.45) is 0.660. The number of hydrogen-bond acceptors (Lipinski definition) is 6. The third-order valence-corrected chi connectivity index (χ3v) is 1.98. The zero-order chi connectivity index (χ0) is 15.8. The van der Waals surface area contributed by atoms with Crippen molar-refractivity contribution in [3.05, 3.63) is 0 Å². The lowest BCUT2D eigenvalue weighted by molar-refractivity contribution is -0.150. The first-order valence-electron chi connectivity index (χ1n) is 6.93. The van der Waals surface area contributed by atoms with Gasteiger partial charge in [0.2, 0.25) is 0 Å². The number of hydrogen-bond donors (Lipinski definition) is 0. The molecule has 0 amide bonds. The molecule has 0 rings (SSSR count). The Labute approximate surface area is 121 Å². The lowest BCUT2D eigenvalue weighted by Gasteiger charge is -2.10. The third-order valence-electron chi connectivity index (χ3n) is 1.98. The van der Waals surface area contributed by atoms with Gasteiger partial charge in [0, 0.05) is 20.1 Å². The van der Waals surface area contributed by atoms with E-state index in [1.807, 2.05) is 6.92 Å². The highest BCUT2D eigenvalue weighted by molar-refractivity contribution is 5.69. The van der Waals surface area contributed by atoms with E-state index in [1.54, 1.807) is 27.9 Å². The van der Waals surface area contributed by atoms with Crippen molar-refractivity contribution in [2.75, 3.05) is 33.5 Å². The highest BCUT2D eigenvalue weighted by Gasteiger charge is 2.05. The van der Waals surface area contributed by atoms with Gasteiger partial charge in [0.05, 0.1) is 26.2 Å². The number of ether oxygens (including phenoxy) is 4. The maximum absolute atomic E-state index is 10.6. The van der Waals surface area contributed by atoms with E-state index in [0.717, 1.165) is 0 Å². The summed E-state index contributed by atoms with van der Waals surface area (Å²) in [5.74, 6) is -0.361. The summed E-state index contributed by atoms with van der Waals surface area (Å²) in [5, 5.41) is 0. The van der Waals surface area contributed by atoms with E-state index in [-0.39, 0.29) is 18.0 Å². The van der Waals surface area contributed by atoms with Gasteiger partial charge in [0.25, 0.3) is 0 Å². The first-order valence-corrected chi connectivity index (χ1v) is 6.93. The summed E-state index contributed by atoms with van der Waals surface area (Å²) >= 11 is 0. The maximum atomic E-state index is 10.6. The lowest BCUT2D eigenvalue weighted by Crippen LogP contribution is -2.18. The molecule has 1 unspecified atom stereocenters. The van der Waals surface area contributed by atoms with E-state index in [2.05, 4.69) is 4.74 Å². The van der Waals surface area contributed by atoms with Gasteiger partial charge in [0.15, 0.2) is 0 Å². The van der Waals surface area contributed by atoms with Crippen LogP contribution in [0.1, 0.15) is 40.5 Å². The fourth-order valence-corrected chi connectivity index (χ4v) is 1.11. The minimum absolute atomic E-state index is 0.127. The zero-order valence-electron chi connectivity index (χ0n) is 13.3. The molecule has 0 bridgehead atoms. The summed E-state index contributed by atoms with van der Waals surface area (Å²) in [6.45, 7) is 9.29. The molecule has 6 heteroatoms. The van der Waals surface area contributed by atoms with Crippen LogP contribution >= 0.6 is 0 Å². The van der Waals surface area contributed by atoms with Gasteiger partial charge in [-0.2, -0.15) is 0 Å². The maximum Gasteiger partial charge on any atom is 0.308 e. The zero-order valence-corrected chi connectivity index (χ0v) is 13.3. The average Bonchev–Trinajstić information content (AvgIpc) is 2.40. The van der Waals surface area contributed by atoms with E-state index < -0.39 is 0 Å². The van der Waals surface area contributed by atoms with Gasteiger partial charge >= 0.3 is 11.9 Å². The van der Waals surface area contributed by atoms with Crippen LogP contribution in [0.25, 0.3) is 0 Å². The predicted octanol–water partition coefficient (Wildman–Crippen LogP) is 1.95. The molecule has 0 N–H and O–H groups in total. The molecule has 0 heterocycles. The van der Waals surface area contributed by atoms with Crippen LogP contribution in [-0.2, 0) is 28.5 Å². The van der Waals surface area contributed by atoms with E-state index >= 15 is 0 Å². The monoisotopic (exact) mass is 292 g/mol. The highest BCUT2D eigenvalue weighted by atomic mass is 16.6. The quantitative estimate of drug-likeness (QED) is 0.478. The van der Waals surface area contributed by atoms with Gasteiger partial charge in [0.1, 0.15) is 6.10 Å². The largest absolute Gasteiger partial charge is 0.466 e. The summed E-state index contributed by atoms with van der Waals surface area (Å²) in [7, 11) is 1.58.